The zero-order chi connectivity index (χ0) is 12.4. The van der Waals surface area contributed by atoms with Crippen LogP contribution in [0, 0.1) is 5.92 Å². The van der Waals surface area contributed by atoms with Crippen molar-refractivity contribution < 1.29 is 5.11 Å². The first kappa shape index (κ1) is 12.2. The molecule has 1 atom stereocenters. The summed E-state index contributed by atoms with van der Waals surface area (Å²) in [7, 11) is 0. The van der Waals surface area contributed by atoms with E-state index in [4.69, 9.17) is 0 Å². The van der Waals surface area contributed by atoms with Crippen LogP contribution in [0.5, 0.6) is 0 Å². The smallest absolute Gasteiger partial charge is 0.0552 e. The van der Waals surface area contributed by atoms with Gasteiger partial charge in [-0.15, -0.1) is 0 Å². The van der Waals surface area contributed by atoms with Gasteiger partial charge in [-0.25, -0.2) is 0 Å². The maximum atomic E-state index is 9.51. The van der Waals surface area contributed by atoms with E-state index in [1.165, 1.54) is 16.5 Å². The van der Waals surface area contributed by atoms with E-state index in [9.17, 15) is 5.11 Å². The summed E-state index contributed by atoms with van der Waals surface area (Å²) in [4.78, 5) is 0. The predicted molar refractivity (Wildman–Crippen MR) is 72.2 cm³/mol. The van der Waals surface area contributed by atoms with Crippen LogP contribution in [0.2, 0.25) is 0 Å². The summed E-state index contributed by atoms with van der Waals surface area (Å²) in [6.07, 6.45) is 2.59. The quantitative estimate of drug-likeness (QED) is 0.858. The van der Waals surface area contributed by atoms with Gasteiger partial charge >= 0.3 is 0 Å². The van der Waals surface area contributed by atoms with Crippen LogP contribution >= 0.6 is 0 Å². The highest BCUT2D eigenvalue weighted by Gasteiger charge is 2.08. The lowest BCUT2D eigenvalue weighted by Gasteiger charge is -2.10. The first-order valence-corrected chi connectivity index (χ1v) is 6.32. The third-order valence-electron chi connectivity index (χ3n) is 2.98. The average molecular weight is 231 g/mol. The van der Waals surface area contributed by atoms with Gasteiger partial charge in [-0.1, -0.05) is 26.0 Å². The van der Waals surface area contributed by atoms with Crippen molar-refractivity contribution >= 4 is 10.9 Å². The van der Waals surface area contributed by atoms with Gasteiger partial charge in [-0.05, 0) is 37.0 Å². The van der Waals surface area contributed by atoms with E-state index in [-0.39, 0.29) is 6.10 Å². The number of aromatic nitrogens is 1. The largest absolute Gasteiger partial charge is 0.393 e. The van der Waals surface area contributed by atoms with E-state index < -0.39 is 0 Å². The molecule has 0 aliphatic heterocycles. The predicted octanol–water partition coefficient (Wildman–Crippen LogP) is 3.22. The molecule has 0 aliphatic carbocycles. The normalized spacial score (nSPS) is 13.5. The zero-order valence-corrected chi connectivity index (χ0v) is 10.9. The molecule has 92 valence electrons. The Morgan fingerprint density at radius 3 is 2.59 bits per heavy atom. The summed E-state index contributed by atoms with van der Waals surface area (Å²) in [6.45, 7) is 7.34. The molecule has 1 unspecified atom stereocenters. The zero-order valence-electron chi connectivity index (χ0n) is 10.9. The van der Waals surface area contributed by atoms with Crippen molar-refractivity contribution in [1.82, 2.24) is 4.57 Å². The van der Waals surface area contributed by atoms with E-state index in [2.05, 4.69) is 48.9 Å². The summed E-state index contributed by atoms with van der Waals surface area (Å²) in [5, 5.41) is 10.8. The minimum Gasteiger partial charge on any atom is -0.393 e. The molecule has 1 N–H and O–H groups in total. The van der Waals surface area contributed by atoms with Crippen LogP contribution in [0.4, 0.5) is 0 Å². The fourth-order valence-corrected chi connectivity index (χ4v) is 2.34. The van der Waals surface area contributed by atoms with Gasteiger partial charge in [0.05, 0.1) is 6.10 Å². The maximum Gasteiger partial charge on any atom is 0.0552 e. The molecule has 0 bridgehead atoms. The van der Waals surface area contributed by atoms with Crippen molar-refractivity contribution in [2.75, 3.05) is 0 Å². The molecule has 2 rings (SSSR count). The van der Waals surface area contributed by atoms with Crippen LogP contribution in [0.3, 0.4) is 0 Å². The van der Waals surface area contributed by atoms with Crippen LogP contribution in [0.25, 0.3) is 10.9 Å². The molecule has 0 saturated carbocycles. The van der Waals surface area contributed by atoms with Gasteiger partial charge in [0.1, 0.15) is 0 Å². The molecule has 0 fully saturated rings. The Morgan fingerprint density at radius 1 is 1.18 bits per heavy atom. The molecule has 1 aromatic heterocycles. The number of rotatable bonds is 4. The second-order valence-corrected chi connectivity index (χ2v) is 5.27. The van der Waals surface area contributed by atoms with Gasteiger partial charge in [0.15, 0.2) is 0 Å². The Labute approximate surface area is 103 Å². The highest BCUT2D eigenvalue weighted by atomic mass is 16.3. The molecule has 2 heteroatoms. The number of fused-ring (bicyclic) bond motifs is 1. The minimum absolute atomic E-state index is 0.283. The van der Waals surface area contributed by atoms with E-state index in [1.807, 2.05) is 6.92 Å². The third-order valence-corrected chi connectivity index (χ3v) is 2.98. The SMILES string of the molecule is CC(C)Cn1ccc2c(CC(C)O)cccc21. The Morgan fingerprint density at radius 2 is 1.94 bits per heavy atom. The van der Waals surface area contributed by atoms with Crippen molar-refractivity contribution in [2.45, 2.75) is 39.8 Å². The third kappa shape index (κ3) is 2.70. The molecule has 0 radical (unpaired) electrons. The van der Waals surface area contributed by atoms with E-state index >= 15 is 0 Å². The maximum absolute atomic E-state index is 9.51. The summed E-state index contributed by atoms with van der Waals surface area (Å²) < 4.78 is 2.30. The Hall–Kier alpha value is -1.28. The molecule has 17 heavy (non-hydrogen) atoms. The number of benzene rings is 1. The fourth-order valence-electron chi connectivity index (χ4n) is 2.34. The molecular formula is C15H21NO. The van der Waals surface area contributed by atoms with Crippen molar-refractivity contribution in [3.05, 3.63) is 36.0 Å². The Bertz CT molecular complexity index is 497. The van der Waals surface area contributed by atoms with Crippen LogP contribution < -0.4 is 0 Å². The fraction of sp³-hybridized carbons (Fsp3) is 0.467. The van der Waals surface area contributed by atoms with Gasteiger partial charge < -0.3 is 9.67 Å². The standard InChI is InChI=1S/C15H21NO/c1-11(2)10-16-8-7-14-13(9-12(3)17)5-4-6-15(14)16/h4-8,11-12,17H,9-10H2,1-3H3. The molecule has 0 spiro atoms. The van der Waals surface area contributed by atoms with Gasteiger partial charge in [0, 0.05) is 23.6 Å². The second-order valence-electron chi connectivity index (χ2n) is 5.27. The summed E-state index contributed by atoms with van der Waals surface area (Å²) >= 11 is 0. The van der Waals surface area contributed by atoms with Gasteiger partial charge in [0.25, 0.3) is 0 Å². The molecule has 0 aliphatic rings. The molecule has 1 heterocycles. The topological polar surface area (TPSA) is 25.2 Å². The van der Waals surface area contributed by atoms with Crippen LogP contribution in [-0.4, -0.2) is 15.8 Å². The van der Waals surface area contributed by atoms with E-state index in [0.717, 1.165) is 13.0 Å². The molecule has 0 amide bonds. The Kier molecular flexibility index (Phi) is 3.53. The first-order chi connectivity index (χ1) is 8.08. The molecule has 2 nitrogen and oxygen atoms in total. The number of aliphatic hydroxyl groups is 1. The van der Waals surface area contributed by atoms with Crippen molar-refractivity contribution in [3.63, 3.8) is 0 Å². The molecular weight excluding hydrogens is 210 g/mol. The lowest BCUT2D eigenvalue weighted by molar-refractivity contribution is 0.196. The summed E-state index contributed by atoms with van der Waals surface area (Å²) in [5.74, 6) is 0.644. The number of aliphatic hydroxyl groups excluding tert-OH is 1. The minimum atomic E-state index is -0.283. The van der Waals surface area contributed by atoms with E-state index in [0.29, 0.717) is 5.92 Å². The Balaban J connectivity index is 2.41. The van der Waals surface area contributed by atoms with Gasteiger partial charge in [-0.3, -0.25) is 0 Å². The van der Waals surface area contributed by atoms with Crippen molar-refractivity contribution in [1.29, 1.82) is 0 Å². The van der Waals surface area contributed by atoms with Crippen molar-refractivity contribution in [3.8, 4) is 0 Å². The monoisotopic (exact) mass is 231 g/mol. The molecule has 0 saturated heterocycles. The highest BCUT2D eigenvalue weighted by molar-refractivity contribution is 5.83. The summed E-state index contributed by atoms with van der Waals surface area (Å²) in [5.41, 5.74) is 2.51. The number of nitrogens with zero attached hydrogens (tertiary/aromatic N) is 1. The lowest BCUT2D eigenvalue weighted by atomic mass is 10.0. The number of hydrogen-bond acceptors (Lipinski definition) is 1. The summed E-state index contributed by atoms with van der Waals surface area (Å²) in [6, 6.07) is 8.50. The number of hydrogen-bond donors (Lipinski definition) is 1. The van der Waals surface area contributed by atoms with Crippen LogP contribution in [0.15, 0.2) is 30.5 Å². The van der Waals surface area contributed by atoms with Gasteiger partial charge in [-0.2, -0.15) is 0 Å². The van der Waals surface area contributed by atoms with Crippen LogP contribution in [-0.2, 0) is 13.0 Å². The van der Waals surface area contributed by atoms with Crippen LogP contribution in [0.1, 0.15) is 26.3 Å². The molecule has 2 aromatic rings. The second kappa shape index (κ2) is 4.92. The average Bonchev–Trinajstić information content (AvgIpc) is 2.61. The highest BCUT2D eigenvalue weighted by Crippen LogP contribution is 2.22. The van der Waals surface area contributed by atoms with Crippen molar-refractivity contribution in [2.24, 2.45) is 5.92 Å². The lowest BCUT2D eigenvalue weighted by Crippen LogP contribution is -2.05. The van der Waals surface area contributed by atoms with Gasteiger partial charge in [0.2, 0.25) is 0 Å². The van der Waals surface area contributed by atoms with E-state index in [1.54, 1.807) is 0 Å². The molecule has 1 aromatic carbocycles. The first-order valence-electron chi connectivity index (χ1n) is 6.32.